The van der Waals surface area contributed by atoms with Crippen molar-refractivity contribution in [1.82, 2.24) is 0 Å². The van der Waals surface area contributed by atoms with Gasteiger partial charge in [0.1, 0.15) is 30.0 Å². The highest BCUT2D eigenvalue weighted by Gasteiger charge is 2.83. The Labute approximate surface area is 225 Å². The van der Waals surface area contributed by atoms with Gasteiger partial charge in [-0.25, -0.2) is 0 Å². The number of hydrogen-bond acceptors (Lipinski definition) is 8. The van der Waals surface area contributed by atoms with Crippen LogP contribution in [0.1, 0.15) is 74.7 Å². The Kier molecular flexibility index (Phi) is 7.07. The predicted molar refractivity (Wildman–Crippen MR) is 139 cm³/mol. The van der Waals surface area contributed by atoms with Gasteiger partial charge in [0.05, 0.1) is 11.3 Å². The number of hydrogen-bond donors (Lipinski definition) is 3. The van der Waals surface area contributed by atoms with Crippen LogP contribution in [-0.2, 0) is 23.9 Å². The molecule has 0 aliphatic heterocycles. The Hall–Kier alpha value is -2.03. The van der Waals surface area contributed by atoms with Crippen LogP contribution in [0, 0.1) is 40.4 Å². The SMILES string of the molecule is CCCC(=O)O[C@@]12C[C@@H](C)[C@]34C=C(C)[C@H](O)[C@@]3(O)[C@H](O)C(COC(=O)C(C)C(C)C)=C[C@H](C4=O)[C@@H]1C2(C)C. The first-order valence-corrected chi connectivity index (χ1v) is 14.0. The van der Waals surface area contributed by atoms with Crippen molar-refractivity contribution >= 4 is 17.7 Å². The number of carbonyl (C=O) groups is 3. The van der Waals surface area contributed by atoms with E-state index in [2.05, 4.69) is 0 Å². The third-order valence-electron chi connectivity index (χ3n) is 10.4. The summed E-state index contributed by atoms with van der Waals surface area (Å²) in [5.41, 5.74) is -4.79. The fourth-order valence-electron chi connectivity index (χ4n) is 7.73. The number of ketones is 1. The van der Waals surface area contributed by atoms with Gasteiger partial charge in [-0.2, -0.15) is 0 Å². The summed E-state index contributed by atoms with van der Waals surface area (Å²) in [5.74, 6) is -3.22. The Morgan fingerprint density at radius 3 is 2.37 bits per heavy atom. The van der Waals surface area contributed by atoms with Crippen LogP contribution in [0.25, 0.3) is 0 Å². The Morgan fingerprint density at radius 2 is 1.79 bits per heavy atom. The van der Waals surface area contributed by atoms with Crippen molar-refractivity contribution in [1.29, 1.82) is 0 Å². The molecule has 0 aromatic carbocycles. The van der Waals surface area contributed by atoms with Gasteiger partial charge < -0.3 is 24.8 Å². The summed E-state index contributed by atoms with van der Waals surface area (Å²) in [6.45, 7) is 14.5. The van der Waals surface area contributed by atoms with E-state index in [-0.39, 0.29) is 42.2 Å². The molecule has 4 aliphatic carbocycles. The summed E-state index contributed by atoms with van der Waals surface area (Å²) < 4.78 is 11.7. The molecule has 0 heterocycles. The lowest BCUT2D eigenvalue weighted by Gasteiger charge is -2.48. The van der Waals surface area contributed by atoms with Gasteiger partial charge in [0.25, 0.3) is 0 Å². The minimum Gasteiger partial charge on any atom is -0.461 e. The molecule has 38 heavy (non-hydrogen) atoms. The second kappa shape index (κ2) is 9.27. The number of fused-ring (bicyclic) bond motifs is 3. The number of carbonyl (C=O) groups excluding carboxylic acids is 3. The molecule has 2 bridgehead atoms. The van der Waals surface area contributed by atoms with Crippen LogP contribution in [0.15, 0.2) is 23.3 Å². The maximum absolute atomic E-state index is 14.5. The normalized spacial score (nSPS) is 41.7. The van der Waals surface area contributed by atoms with E-state index < -0.39 is 58.0 Å². The van der Waals surface area contributed by atoms with Crippen molar-refractivity contribution in [3.05, 3.63) is 23.3 Å². The molecule has 212 valence electrons. The molecule has 0 saturated heterocycles. The molecule has 4 aliphatic rings. The summed E-state index contributed by atoms with van der Waals surface area (Å²) in [5, 5.41) is 35.1. The minimum atomic E-state index is -2.26. The van der Waals surface area contributed by atoms with Gasteiger partial charge in [-0.15, -0.1) is 0 Å². The number of rotatable bonds is 7. The van der Waals surface area contributed by atoms with Crippen LogP contribution >= 0.6 is 0 Å². The fourth-order valence-corrected chi connectivity index (χ4v) is 7.73. The fraction of sp³-hybridized carbons (Fsp3) is 0.767. The molecule has 4 rings (SSSR count). The highest BCUT2D eigenvalue weighted by molar-refractivity contribution is 5.96. The molecule has 0 aromatic rings. The van der Waals surface area contributed by atoms with Gasteiger partial charge in [-0.3, -0.25) is 14.4 Å². The molecule has 2 fully saturated rings. The van der Waals surface area contributed by atoms with E-state index in [1.54, 1.807) is 26.0 Å². The summed E-state index contributed by atoms with van der Waals surface area (Å²) in [6, 6.07) is 0. The second-order valence-corrected chi connectivity index (χ2v) is 13.1. The molecule has 2 saturated carbocycles. The molecular formula is C30H44O8. The van der Waals surface area contributed by atoms with Gasteiger partial charge in [-0.1, -0.05) is 60.6 Å². The molecule has 8 heteroatoms. The molecule has 0 radical (unpaired) electrons. The van der Waals surface area contributed by atoms with Gasteiger partial charge >= 0.3 is 11.9 Å². The first-order chi connectivity index (χ1) is 17.5. The second-order valence-electron chi connectivity index (χ2n) is 13.1. The topological polar surface area (TPSA) is 130 Å². The minimum absolute atomic E-state index is 0.0438. The third kappa shape index (κ3) is 3.62. The van der Waals surface area contributed by atoms with E-state index in [0.717, 1.165) is 0 Å². The van der Waals surface area contributed by atoms with Crippen LogP contribution in [0.5, 0.6) is 0 Å². The summed E-state index contributed by atoms with van der Waals surface area (Å²) in [4.78, 5) is 40.0. The van der Waals surface area contributed by atoms with Crippen LogP contribution < -0.4 is 0 Å². The molecule has 9 atom stereocenters. The van der Waals surface area contributed by atoms with Gasteiger partial charge in [-0.05, 0) is 42.7 Å². The van der Waals surface area contributed by atoms with Crippen LogP contribution in [0.2, 0.25) is 0 Å². The molecule has 8 nitrogen and oxygen atoms in total. The Balaban J connectivity index is 1.85. The third-order valence-corrected chi connectivity index (χ3v) is 10.4. The number of Topliss-reactive ketones (excluding diaryl/α,β-unsaturated/α-hetero) is 1. The maximum atomic E-state index is 14.5. The largest absolute Gasteiger partial charge is 0.461 e. The van der Waals surface area contributed by atoms with E-state index >= 15 is 0 Å². The van der Waals surface area contributed by atoms with Gasteiger partial charge in [0, 0.05) is 23.7 Å². The zero-order valence-electron chi connectivity index (χ0n) is 23.9. The summed E-state index contributed by atoms with van der Waals surface area (Å²) >= 11 is 0. The van der Waals surface area contributed by atoms with E-state index in [0.29, 0.717) is 18.4 Å². The Bertz CT molecular complexity index is 1090. The standard InChI is InChI=1S/C30H44O8/c1-9-10-21(31)38-29-13-17(5)28-12-16(4)23(32)30(28,36)24(33)19(14-37-26(35)18(6)15(2)3)11-20(25(28)34)22(29)27(29,7)8/h11-12,15,17-18,20,22-24,32-33,36H,9-10,13-14H2,1-8H3/t17-,18?,20+,22-,23+,24-,28+,29+,30-/m1/s1. The van der Waals surface area contributed by atoms with Gasteiger partial charge in [0.2, 0.25) is 0 Å². The van der Waals surface area contributed by atoms with Gasteiger partial charge in [0.15, 0.2) is 5.78 Å². The quantitative estimate of drug-likeness (QED) is 0.337. The monoisotopic (exact) mass is 532 g/mol. The number of esters is 2. The van der Waals surface area contributed by atoms with E-state index in [4.69, 9.17) is 9.47 Å². The average molecular weight is 533 g/mol. The van der Waals surface area contributed by atoms with Crippen molar-refractivity contribution in [3.63, 3.8) is 0 Å². The molecule has 3 N–H and O–H groups in total. The Morgan fingerprint density at radius 1 is 1.16 bits per heavy atom. The lowest BCUT2D eigenvalue weighted by molar-refractivity contribution is -0.192. The van der Waals surface area contributed by atoms with Crippen LogP contribution in [0.4, 0.5) is 0 Å². The summed E-state index contributed by atoms with van der Waals surface area (Å²) in [7, 11) is 0. The molecule has 0 amide bonds. The van der Waals surface area contributed by atoms with E-state index in [9.17, 15) is 29.7 Å². The first-order valence-electron chi connectivity index (χ1n) is 14.0. The number of allylic oxidation sites excluding steroid dienone is 1. The highest BCUT2D eigenvalue weighted by atomic mass is 16.6. The van der Waals surface area contributed by atoms with Crippen molar-refractivity contribution in [3.8, 4) is 0 Å². The number of ether oxygens (including phenoxy) is 2. The number of aliphatic hydroxyl groups excluding tert-OH is 2. The van der Waals surface area contributed by atoms with Crippen molar-refractivity contribution in [2.45, 2.75) is 98.1 Å². The van der Waals surface area contributed by atoms with Crippen molar-refractivity contribution < 1.29 is 39.2 Å². The maximum Gasteiger partial charge on any atom is 0.309 e. The van der Waals surface area contributed by atoms with E-state index in [1.165, 1.54) is 0 Å². The van der Waals surface area contributed by atoms with Crippen LogP contribution in [-0.4, -0.2) is 63.1 Å². The van der Waals surface area contributed by atoms with E-state index in [1.807, 2.05) is 41.5 Å². The smallest absolute Gasteiger partial charge is 0.309 e. The highest BCUT2D eigenvalue weighted by Crippen LogP contribution is 2.75. The van der Waals surface area contributed by atoms with Crippen molar-refractivity contribution in [2.24, 2.45) is 40.4 Å². The molecule has 0 aromatic heterocycles. The van der Waals surface area contributed by atoms with Crippen molar-refractivity contribution in [2.75, 3.05) is 6.61 Å². The zero-order chi connectivity index (χ0) is 28.6. The lowest BCUT2D eigenvalue weighted by Crippen LogP contribution is -2.65. The first kappa shape index (κ1) is 29.0. The lowest BCUT2D eigenvalue weighted by atomic mass is 9.59. The predicted octanol–water partition coefficient (Wildman–Crippen LogP) is 3.12. The average Bonchev–Trinajstić information content (AvgIpc) is 3.25. The summed E-state index contributed by atoms with van der Waals surface area (Å²) in [6.07, 6.45) is 1.26. The number of aliphatic hydroxyl groups is 3. The zero-order valence-corrected chi connectivity index (χ0v) is 23.9. The molecule has 1 spiro atoms. The van der Waals surface area contributed by atoms with Crippen LogP contribution in [0.3, 0.4) is 0 Å². The molecule has 1 unspecified atom stereocenters. The molecular weight excluding hydrogens is 488 g/mol.